The molecule has 0 fully saturated rings. The van der Waals surface area contributed by atoms with E-state index in [4.69, 9.17) is 9.97 Å². The van der Waals surface area contributed by atoms with Gasteiger partial charge in [0.1, 0.15) is 16.7 Å². The van der Waals surface area contributed by atoms with Crippen molar-refractivity contribution >= 4 is 70.9 Å². The van der Waals surface area contributed by atoms with Gasteiger partial charge in [0.25, 0.3) is 0 Å². The fraction of sp³-hybridized carbons (Fsp3) is 0. The molecule has 11 rings (SSSR count). The highest BCUT2D eigenvalue weighted by molar-refractivity contribution is 6.25. The summed E-state index contributed by atoms with van der Waals surface area (Å²) in [6.07, 6.45) is 2.09. The van der Waals surface area contributed by atoms with Crippen LogP contribution in [0.1, 0.15) is 5.56 Å². The molecule has 0 saturated carbocycles. The van der Waals surface area contributed by atoms with Gasteiger partial charge in [-0.25, -0.2) is 9.97 Å². The minimum absolute atomic E-state index is 0.645. The highest BCUT2D eigenvalue weighted by Gasteiger charge is 2.23. The molecular formula is C47H27N5. The summed E-state index contributed by atoms with van der Waals surface area (Å²) in [5.74, 6) is 0. The molecule has 7 aromatic carbocycles. The summed E-state index contributed by atoms with van der Waals surface area (Å²) >= 11 is 0. The number of hydrogen-bond donors (Lipinski definition) is 0. The number of rotatable bonds is 3. The van der Waals surface area contributed by atoms with E-state index in [1.807, 2.05) is 30.3 Å². The predicted molar refractivity (Wildman–Crippen MR) is 213 cm³/mol. The first-order valence-corrected chi connectivity index (χ1v) is 17.4. The third-order valence-electron chi connectivity index (χ3n) is 10.5. The fourth-order valence-corrected chi connectivity index (χ4v) is 8.33. The van der Waals surface area contributed by atoms with Crippen LogP contribution in [0.5, 0.6) is 0 Å². The van der Waals surface area contributed by atoms with Gasteiger partial charge in [0.05, 0.1) is 33.9 Å². The Bertz CT molecular complexity index is 3250. The molecular weight excluding hydrogens is 635 g/mol. The standard InChI is InChI=1S/C47H27N5/c48-28-29-21-23-40-37(26-29)38-27-30(22-24-41(38)52(40)31-12-2-1-3-13-31)43-32-14-4-6-16-34(32)44(35-17-7-5-15-33(35)43)46-47-45(36-18-8-9-19-39(36)49-46)50-42-20-10-11-25-51(42)47/h1-27H. The molecule has 11 aromatic rings. The number of nitriles is 1. The van der Waals surface area contributed by atoms with Crippen LogP contribution < -0.4 is 0 Å². The monoisotopic (exact) mass is 661 g/mol. The quantitative estimate of drug-likeness (QED) is 0.177. The van der Waals surface area contributed by atoms with Crippen molar-refractivity contribution < 1.29 is 0 Å². The Labute approximate surface area is 297 Å². The maximum Gasteiger partial charge on any atom is 0.137 e. The van der Waals surface area contributed by atoms with Crippen molar-refractivity contribution in [3.63, 3.8) is 0 Å². The first kappa shape index (κ1) is 28.5. The van der Waals surface area contributed by atoms with E-state index in [0.717, 1.165) is 93.4 Å². The van der Waals surface area contributed by atoms with Gasteiger partial charge in [-0.1, -0.05) is 97.1 Å². The maximum atomic E-state index is 9.88. The first-order chi connectivity index (χ1) is 25.8. The van der Waals surface area contributed by atoms with Crippen molar-refractivity contribution in [2.75, 3.05) is 0 Å². The molecule has 0 spiro atoms. The number of para-hydroxylation sites is 2. The second-order valence-electron chi connectivity index (χ2n) is 13.3. The average molecular weight is 662 g/mol. The molecule has 0 aliphatic heterocycles. The Morgan fingerprint density at radius 3 is 1.85 bits per heavy atom. The minimum Gasteiger partial charge on any atom is -0.309 e. The number of hydrogen-bond acceptors (Lipinski definition) is 3. The Morgan fingerprint density at radius 2 is 1.12 bits per heavy atom. The molecule has 5 heteroatoms. The van der Waals surface area contributed by atoms with Crippen molar-refractivity contribution in [3.05, 3.63) is 169 Å². The van der Waals surface area contributed by atoms with E-state index in [9.17, 15) is 5.26 Å². The number of benzene rings is 7. The topological polar surface area (TPSA) is 58.9 Å². The molecule has 240 valence electrons. The van der Waals surface area contributed by atoms with E-state index < -0.39 is 0 Å². The summed E-state index contributed by atoms with van der Waals surface area (Å²) in [7, 11) is 0. The number of pyridine rings is 2. The Morgan fingerprint density at radius 1 is 0.500 bits per heavy atom. The van der Waals surface area contributed by atoms with Gasteiger partial charge >= 0.3 is 0 Å². The lowest BCUT2D eigenvalue weighted by Gasteiger charge is -2.18. The largest absolute Gasteiger partial charge is 0.309 e. The van der Waals surface area contributed by atoms with Gasteiger partial charge in [-0.3, -0.25) is 4.40 Å². The zero-order valence-electron chi connectivity index (χ0n) is 27.8. The van der Waals surface area contributed by atoms with Gasteiger partial charge in [0, 0.05) is 33.6 Å². The second-order valence-corrected chi connectivity index (χ2v) is 13.3. The number of fused-ring (bicyclic) bond motifs is 10. The van der Waals surface area contributed by atoms with E-state index in [-0.39, 0.29) is 0 Å². The summed E-state index contributed by atoms with van der Waals surface area (Å²) in [5.41, 5.74) is 12.0. The van der Waals surface area contributed by atoms with Gasteiger partial charge in [-0.15, -0.1) is 0 Å². The summed E-state index contributed by atoms with van der Waals surface area (Å²) in [5, 5.41) is 17.6. The molecule has 0 aliphatic carbocycles. The molecule has 0 atom stereocenters. The molecule has 4 heterocycles. The molecule has 0 unspecified atom stereocenters. The first-order valence-electron chi connectivity index (χ1n) is 17.4. The zero-order valence-corrected chi connectivity index (χ0v) is 27.8. The predicted octanol–water partition coefficient (Wildman–Crippen LogP) is 11.6. The van der Waals surface area contributed by atoms with Crippen molar-refractivity contribution in [2.24, 2.45) is 0 Å². The van der Waals surface area contributed by atoms with E-state index in [1.54, 1.807) is 0 Å². The van der Waals surface area contributed by atoms with Crippen LogP contribution >= 0.6 is 0 Å². The lowest BCUT2D eigenvalue weighted by Crippen LogP contribution is -1.96. The van der Waals surface area contributed by atoms with Crippen LogP contribution in [0.4, 0.5) is 0 Å². The second kappa shape index (κ2) is 10.9. The number of imidazole rings is 1. The van der Waals surface area contributed by atoms with Gasteiger partial charge in [0.15, 0.2) is 0 Å². The van der Waals surface area contributed by atoms with E-state index in [2.05, 4.69) is 149 Å². The van der Waals surface area contributed by atoms with Crippen molar-refractivity contribution in [1.29, 1.82) is 5.26 Å². The summed E-state index contributed by atoms with van der Waals surface area (Å²) in [6.45, 7) is 0. The molecule has 0 saturated heterocycles. The third-order valence-corrected chi connectivity index (χ3v) is 10.5. The van der Waals surface area contributed by atoms with E-state index in [0.29, 0.717) is 5.56 Å². The molecule has 4 aromatic heterocycles. The van der Waals surface area contributed by atoms with Crippen molar-refractivity contribution in [3.8, 4) is 34.1 Å². The number of nitrogens with zero attached hydrogens (tertiary/aromatic N) is 5. The summed E-state index contributed by atoms with van der Waals surface area (Å²) in [6, 6.07) is 57.4. The van der Waals surface area contributed by atoms with E-state index in [1.165, 1.54) is 5.56 Å². The van der Waals surface area contributed by atoms with Gasteiger partial charge in [-0.2, -0.15) is 5.26 Å². The van der Waals surface area contributed by atoms with Crippen LogP contribution in [0.25, 0.3) is 99.0 Å². The molecule has 0 radical (unpaired) electrons. The van der Waals surface area contributed by atoms with Crippen LogP contribution in [-0.4, -0.2) is 18.9 Å². The molecule has 0 N–H and O–H groups in total. The normalized spacial score (nSPS) is 11.8. The SMILES string of the molecule is N#Cc1ccc2c(c1)c1cc(-c3c4ccccc4c(-c4nc5ccccc5c5nc6ccccn6c45)c4ccccc34)ccc1n2-c1ccccc1. The van der Waals surface area contributed by atoms with Crippen LogP contribution in [-0.2, 0) is 0 Å². The lowest BCUT2D eigenvalue weighted by atomic mass is 9.86. The van der Waals surface area contributed by atoms with Crippen molar-refractivity contribution in [2.45, 2.75) is 0 Å². The lowest BCUT2D eigenvalue weighted by molar-refractivity contribution is 1.18. The highest BCUT2D eigenvalue weighted by Crippen LogP contribution is 2.46. The molecule has 0 aliphatic rings. The number of aromatic nitrogens is 4. The highest BCUT2D eigenvalue weighted by atomic mass is 15.0. The molecule has 0 amide bonds. The molecule has 5 nitrogen and oxygen atoms in total. The molecule has 0 bridgehead atoms. The van der Waals surface area contributed by atoms with Crippen LogP contribution in [0.3, 0.4) is 0 Å². The van der Waals surface area contributed by atoms with Crippen LogP contribution in [0, 0.1) is 11.3 Å². The summed E-state index contributed by atoms with van der Waals surface area (Å²) < 4.78 is 4.47. The van der Waals surface area contributed by atoms with Gasteiger partial charge in [0.2, 0.25) is 0 Å². The van der Waals surface area contributed by atoms with Crippen molar-refractivity contribution in [1.82, 2.24) is 18.9 Å². The van der Waals surface area contributed by atoms with Gasteiger partial charge < -0.3 is 4.57 Å². The Hall–Kier alpha value is -7.29. The third kappa shape index (κ3) is 3.98. The van der Waals surface area contributed by atoms with Gasteiger partial charge in [-0.05, 0) is 93.3 Å². The minimum atomic E-state index is 0.645. The maximum absolute atomic E-state index is 9.88. The average Bonchev–Trinajstić information content (AvgIpc) is 3.76. The fourth-order valence-electron chi connectivity index (χ4n) is 8.33. The Balaban J connectivity index is 1.26. The molecule has 52 heavy (non-hydrogen) atoms. The van der Waals surface area contributed by atoms with Crippen LogP contribution in [0.15, 0.2) is 164 Å². The van der Waals surface area contributed by atoms with E-state index >= 15 is 0 Å². The van der Waals surface area contributed by atoms with Crippen LogP contribution in [0.2, 0.25) is 0 Å². The Kier molecular flexibility index (Phi) is 5.96. The smallest absolute Gasteiger partial charge is 0.137 e. The zero-order chi connectivity index (χ0) is 34.3. The summed E-state index contributed by atoms with van der Waals surface area (Å²) in [4.78, 5) is 10.6.